The van der Waals surface area contributed by atoms with Gasteiger partial charge in [0.25, 0.3) is 5.89 Å². The van der Waals surface area contributed by atoms with Gasteiger partial charge in [-0.25, -0.2) is 0 Å². The molecular formula is C13H13N3O. The van der Waals surface area contributed by atoms with Crippen molar-refractivity contribution in [2.24, 2.45) is 0 Å². The van der Waals surface area contributed by atoms with E-state index in [1.807, 2.05) is 26.8 Å². The maximum Gasteiger partial charge on any atom is 0.257 e. The Morgan fingerprint density at radius 3 is 2.65 bits per heavy atom. The predicted octanol–water partition coefficient (Wildman–Crippen LogP) is 2.91. The number of hydrogen-bond acceptors (Lipinski definition) is 4. The first-order valence-corrected chi connectivity index (χ1v) is 5.35. The summed E-state index contributed by atoms with van der Waals surface area (Å²) in [7, 11) is 0. The van der Waals surface area contributed by atoms with Gasteiger partial charge in [-0.05, 0) is 18.2 Å². The zero-order chi connectivity index (χ0) is 12.5. The third kappa shape index (κ3) is 2.34. The Kier molecular flexibility index (Phi) is 2.68. The fourth-order valence-electron chi connectivity index (χ4n) is 1.37. The molecule has 4 heteroatoms. The van der Waals surface area contributed by atoms with Crippen molar-refractivity contribution in [2.45, 2.75) is 26.2 Å². The molecule has 0 spiro atoms. The summed E-state index contributed by atoms with van der Waals surface area (Å²) in [6.45, 7) is 6.06. The Labute approximate surface area is 99.9 Å². The third-order valence-electron chi connectivity index (χ3n) is 2.34. The number of hydrogen-bond donors (Lipinski definition) is 0. The summed E-state index contributed by atoms with van der Waals surface area (Å²) in [5.41, 5.74) is 1.21. The lowest BCUT2D eigenvalue weighted by molar-refractivity contribution is 0.402. The van der Waals surface area contributed by atoms with E-state index in [4.69, 9.17) is 9.78 Å². The van der Waals surface area contributed by atoms with Crippen LogP contribution in [-0.4, -0.2) is 10.1 Å². The van der Waals surface area contributed by atoms with E-state index in [-0.39, 0.29) is 5.41 Å². The average Bonchev–Trinajstić information content (AvgIpc) is 2.78. The normalized spacial score (nSPS) is 11.2. The summed E-state index contributed by atoms with van der Waals surface area (Å²) in [5, 5.41) is 12.8. The average molecular weight is 227 g/mol. The van der Waals surface area contributed by atoms with Crippen LogP contribution in [0.5, 0.6) is 0 Å². The summed E-state index contributed by atoms with van der Waals surface area (Å²) in [4.78, 5) is 4.34. The van der Waals surface area contributed by atoms with Crippen LogP contribution in [0.3, 0.4) is 0 Å². The van der Waals surface area contributed by atoms with Gasteiger partial charge in [0.15, 0.2) is 5.82 Å². The second-order valence-corrected chi connectivity index (χ2v) is 4.87. The van der Waals surface area contributed by atoms with Crippen molar-refractivity contribution in [2.75, 3.05) is 0 Å². The summed E-state index contributed by atoms with van der Waals surface area (Å²) < 4.78 is 5.21. The zero-order valence-electron chi connectivity index (χ0n) is 10.1. The van der Waals surface area contributed by atoms with Crippen molar-refractivity contribution >= 4 is 0 Å². The molecule has 2 rings (SSSR count). The molecule has 0 bridgehead atoms. The Morgan fingerprint density at radius 2 is 2.06 bits per heavy atom. The number of nitriles is 1. The molecular weight excluding hydrogens is 214 g/mol. The Hall–Kier alpha value is -2.15. The van der Waals surface area contributed by atoms with E-state index < -0.39 is 0 Å². The van der Waals surface area contributed by atoms with Crippen LogP contribution in [0.2, 0.25) is 0 Å². The second-order valence-electron chi connectivity index (χ2n) is 4.87. The van der Waals surface area contributed by atoms with Crippen LogP contribution in [-0.2, 0) is 5.41 Å². The first-order chi connectivity index (χ1) is 8.00. The lowest BCUT2D eigenvalue weighted by atomic mass is 9.96. The number of nitrogens with zero attached hydrogens (tertiary/aromatic N) is 3. The maximum atomic E-state index is 8.83. The minimum Gasteiger partial charge on any atom is -0.334 e. The highest BCUT2D eigenvalue weighted by molar-refractivity contribution is 5.56. The highest BCUT2D eigenvalue weighted by Crippen LogP contribution is 2.23. The molecule has 86 valence electrons. The van der Waals surface area contributed by atoms with E-state index in [9.17, 15) is 0 Å². The molecule has 1 aromatic heterocycles. The summed E-state index contributed by atoms with van der Waals surface area (Å²) >= 11 is 0. The van der Waals surface area contributed by atoms with E-state index in [2.05, 4.69) is 16.2 Å². The molecule has 0 unspecified atom stereocenters. The summed E-state index contributed by atoms with van der Waals surface area (Å²) in [6.07, 6.45) is 0. The molecule has 0 radical (unpaired) electrons. The standard InChI is InChI=1S/C13H13N3O/c1-13(2,3)12-15-11(17-16-12)10-6-4-5-9(7-10)8-14/h4-7H,1-3H3. The molecule has 0 amide bonds. The van der Waals surface area contributed by atoms with Gasteiger partial charge in [0.05, 0.1) is 11.6 Å². The summed E-state index contributed by atoms with van der Waals surface area (Å²) in [6, 6.07) is 9.21. The molecule has 17 heavy (non-hydrogen) atoms. The zero-order valence-corrected chi connectivity index (χ0v) is 10.1. The lowest BCUT2D eigenvalue weighted by Crippen LogP contribution is -2.13. The molecule has 0 aliphatic rings. The van der Waals surface area contributed by atoms with Gasteiger partial charge in [-0.2, -0.15) is 10.2 Å². The van der Waals surface area contributed by atoms with Crippen LogP contribution in [0, 0.1) is 11.3 Å². The molecule has 4 nitrogen and oxygen atoms in total. The maximum absolute atomic E-state index is 8.83. The Morgan fingerprint density at radius 1 is 1.29 bits per heavy atom. The van der Waals surface area contributed by atoms with Gasteiger partial charge in [-0.3, -0.25) is 0 Å². The largest absolute Gasteiger partial charge is 0.334 e. The predicted molar refractivity (Wildman–Crippen MR) is 63.1 cm³/mol. The molecule has 0 atom stereocenters. The van der Waals surface area contributed by atoms with Gasteiger partial charge in [0, 0.05) is 11.0 Å². The van der Waals surface area contributed by atoms with Crippen LogP contribution in [0.25, 0.3) is 11.5 Å². The number of rotatable bonds is 1. The molecule has 1 heterocycles. The molecule has 1 aromatic carbocycles. The molecule has 0 N–H and O–H groups in total. The van der Waals surface area contributed by atoms with E-state index in [0.29, 0.717) is 17.3 Å². The fourth-order valence-corrected chi connectivity index (χ4v) is 1.37. The fraction of sp³-hybridized carbons (Fsp3) is 0.308. The highest BCUT2D eigenvalue weighted by Gasteiger charge is 2.21. The molecule has 0 fully saturated rings. The van der Waals surface area contributed by atoms with Gasteiger partial charge in [-0.15, -0.1) is 0 Å². The van der Waals surface area contributed by atoms with E-state index in [1.54, 1.807) is 18.2 Å². The van der Waals surface area contributed by atoms with Crippen molar-refractivity contribution in [3.05, 3.63) is 35.7 Å². The van der Waals surface area contributed by atoms with Crippen molar-refractivity contribution in [3.8, 4) is 17.5 Å². The Balaban J connectivity index is 2.41. The lowest BCUT2D eigenvalue weighted by Gasteiger charge is -2.10. The molecule has 0 aliphatic heterocycles. The van der Waals surface area contributed by atoms with E-state index in [0.717, 1.165) is 5.56 Å². The van der Waals surface area contributed by atoms with Crippen LogP contribution in [0.1, 0.15) is 32.2 Å². The monoisotopic (exact) mass is 227 g/mol. The van der Waals surface area contributed by atoms with Gasteiger partial charge < -0.3 is 4.52 Å². The minimum absolute atomic E-state index is 0.144. The smallest absolute Gasteiger partial charge is 0.257 e. The van der Waals surface area contributed by atoms with Crippen LogP contribution < -0.4 is 0 Å². The van der Waals surface area contributed by atoms with Gasteiger partial charge in [0.2, 0.25) is 0 Å². The van der Waals surface area contributed by atoms with Crippen molar-refractivity contribution < 1.29 is 4.52 Å². The molecule has 2 aromatic rings. The third-order valence-corrected chi connectivity index (χ3v) is 2.34. The topological polar surface area (TPSA) is 62.7 Å². The quantitative estimate of drug-likeness (QED) is 0.751. The molecule has 0 aliphatic carbocycles. The number of benzene rings is 1. The second kappa shape index (κ2) is 4.02. The minimum atomic E-state index is -0.144. The van der Waals surface area contributed by atoms with Crippen LogP contribution in [0.15, 0.2) is 28.8 Å². The Bertz CT molecular complexity index is 573. The summed E-state index contributed by atoms with van der Waals surface area (Å²) in [5.74, 6) is 1.11. The van der Waals surface area contributed by atoms with Crippen molar-refractivity contribution in [1.29, 1.82) is 5.26 Å². The van der Waals surface area contributed by atoms with Crippen molar-refractivity contribution in [1.82, 2.24) is 10.1 Å². The highest BCUT2D eigenvalue weighted by atomic mass is 16.5. The van der Waals surface area contributed by atoms with Crippen LogP contribution in [0.4, 0.5) is 0 Å². The van der Waals surface area contributed by atoms with E-state index in [1.165, 1.54) is 0 Å². The number of aromatic nitrogens is 2. The van der Waals surface area contributed by atoms with Gasteiger partial charge in [0.1, 0.15) is 0 Å². The van der Waals surface area contributed by atoms with E-state index >= 15 is 0 Å². The van der Waals surface area contributed by atoms with Crippen LogP contribution >= 0.6 is 0 Å². The first-order valence-electron chi connectivity index (χ1n) is 5.35. The van der Waals surface area contributed by atoms with Crippen molar-refractivity contribution in [3.63, 3.8) is 0 Å². The van der Waals surface area contributed by atoms with Gasteiger partial charge >= 0.3 is 0 Å². The molecule has 0 saturated carbocycles. The molecule has 0 saturated heterocycles. The van der Waals surface area contributed by atoms with Gasteiger partial charge in [-0.1, -0.05) is 32.0 Å². The SMILES string of the molecule is CC(C)(C)c1noc(-c2cccc(C#N)c2)n1. The first kappa shape index (κ1) is 11.3.